The Kier molecular flexibility index (Phi) is 25.7. The van der Waals surface area contributed by atoms with Crippen molar-refractivity contribution in [2.45, 2.75) is 128 Å². The molecule has 188 valence electrons. The molecule has 4 nitrogen and oxygen atoms in total. The van der Waals surface area contributed by atoms with Gasteiger partial charge in [-0.05, 0) is 37.2 Å². The van der Waals surface area contributed by atoms with Gasteiger partial charge in [0.15, 0.2) is 0 Å². The van der Waals surface area contributed by atoms with E-state index >= 15 is 0 Å². The van der Waals surface area contributed by atoms with Crippen LogP contribution in [0.2, 0.25) is 0 Å². The third kappa shape index (κ3) is 26.7. The van der Waals surface area contributed by atoms with Crippen LogP contribution in [0.25, 0.3) is 0 Å². The Morgan fingerprint density at radius 3 is 0.871 bits per heavy atom. The van der Waals surface area contributed by atoms with Gasteiger partial charge in [-0.1, -0.05) is 103 Å². The molecule has 0 atom stereocenters. The van der Waals surface area contributed by atoms with E-state index in [1.807, 2.05) is 0 Å². The Balaban J connectivity index is 3.31. The second-order valence-corrected chi connectivity index (χ2v) is 10.8. The van der Waals surface area contributed by atoms with Crippen molar-refractivity contribution in [3.63, 3.8) is 0 Å². The zero-order valence-corrected chi connectivity index (χ0v) is 22.5. The molecule has 0 aromatic heterocycles. The highest BCUT2D eigenvalue weighted by Gasteiger charge is 2.11. The fraction of sp³-hybridized carbons (Fsp3) is 1.00. The van der Waals surface area contributed by atoms with Crippen molar-refractivity contribution in [1.82, 2.24) is 0 Å². The lowest BCUT2D eigenvalue weighted by atomic mass is 10.1. The highest BCUT2D eigenvalue weighted by molar-refractivity contribution is 7.81. The Labute approximate surface area is 205 Å². The third-order valence-corrected chi connectivity index (χ3v) is 7.10. The number of rotatable bonds is 26. The highest BCUT2D eigenvalue weighted by Crippen LogP contribution is 2.13. The Hall–Kier alpha value is 0.570. The maximum atomic E-state index is 11.7. The summed E-state index contributed by atoms with van der Waals surface area (Å²) in [7, 11) is -3.82. The molecule has 0 rings (SSSR count). The van der Waals surface area contributed by atoms with Gasteiger partial charge in [-0.2, -0.15) is 33.7 Å². The molecule has 7 heteroatoms. The van der Waals surface area contributed by atoms with Gasteiger partial charge in [0.25, 0.3) is 0 Å². The predicted octanol–water partition coefficient (Wildman–Crippen LogP) is 7.93. The van der Waals surface area contributed by atoms with Crippen LogP contribution >= 0.6 is 25.3 Å². The van der Waals surface area contributed by atoms with E-state index in [0.29, 0.717) is 0 Å². The van der Waals surface area contributed by atoms with Crippen molar-refractivity contribution < 1.29 is 16.8 Å². The van der Waals surface area contributed by atoms with Crippen LogP contribution in [-0.2, 0) is 18.8 Å². The van der Waals surface area contributed by atoms with Crippen LogP contribution in [0, 0.1) is 0 Å². The van der Waals surface area contributed by atoms with Gasteiger partial charge in [0.1, 0.15) is 0 Å². The largest absolute Gasteiger partial charge is 0.399 e. The SMILES string of the molecule is O=S(=O)(OCCCCCCCCCCCCS)OCCCCCCCCCCCCS. The molecule has 0 aliphatic carbocycles. The predicted molar refractivity (Wildman–Crippen MR) is 141 cm³/mol. The standard InChI is InChI=1S/C24H50O4S3/c25-31(26,27-21-17-13-9-5-1-3-7-11-15-19-23-29)28-22-18-14-10-6-2-4-8-12-16-20-24-30/h29-30H,1-24H2. The van der Waals surface area contributed by atoms with Gasteiger partial charge in [-0.25, -0.2) is 8.37 Å². The van der Waals surface area contributed by atoms with Crippen molar-refractivity contribution in [2.75, 3.05) is 24.7 Å². The molecule has 0 heterocycles. The molecule has 0 radical (unpaired) electrons. The maximum absolute atomic E-state index is 11.7. The van der Waals surface area contributed by atoms with E-state index in [9.17, 15) is 8.42 Å². The van der Waals surface area contributed by atoms with Gasteiger partial charge < -0.3 is 0 Å². The monoisotopic (exact) mass is 498 g/mol. The zero-order valence-electron chi connectivity index (χ0n) is 19.9. The molecular weight excluding hydrogens is 448 g/mol. The van der Waals surface area contributed by atoms with Crippen LogP contribution < -0.4 is 0 Å². The van der Waals surface area contributed by atoms with Crippen molar-refractivity contribution in [3.8, 4) is 0 Å². The maximum Gasteiger partial charge on any atom is 0.399 e. The van der Waals surface area contributed by atoms with Crippen LogP contribution in [0.1, 0.15) is 128 Å². The Morgan fingerprint density at radius 2 is 0.613 bits per heavy atom. The van der Waals surface area contributed by atoms with Crippen molar-refractivity contribution in [2.24, 2.45) is 0 Å². The summed E-state index contributed by atoms with van der Waals surface area (Å²) < 4.78 is 33.4. The van der Waals surface area contributed by atoms with Crippen LogP contribution in [-0.4, -0.2) is 33.1 Å². The smallest absolute Gasteiger partial charge is 0.248 e. The van der Waals surface area contributed by atoms with E-state index in [0.717, 1.165) is 50.0 Å². The third-order valence-electron chi connectivity index (χ3n) is 5.56. The second kappa shape index (κ2) is 25.2. The van der Waals surface area contributed by atoms with E-state index < -0.39 is 10.4 Å². The first-order valence-corrected chi connectivity index (χ1v) is 15.5. The summed E-state index contributed by atoms with van der Waals surface area (Å²) in [6.45, 7) is 0.472. The van der Waals surface area contributed by atoms with Crippen LogP contribution in [0.4, 0.5) is 0 Å². The van der Waals surface area contributed by atoms with Gasteiger partial charge in [0, 0.05) is 0 Å². The lowest BCUT2D eigenvalue weighted by Crippen LogP contribution is -2.12. The van der Waals surface area contributed by atoms with E-state index in [1.165, 1.54) is 89.9 Å². The van der Waals surface area contributed by atoms with Crippen LogP contribution in [0.5, 0.6) is 0 Å². The van der Waals surface area contributed by atoms with E-state index in [-0.39, 0.29) is 13.2 Å². The number of thiol groups is 2. The molecule has 0 aliphatic heterocycles. The lowest BCUT2D eigenvalue weighted by molar-refractivity contribution is 0.208. The summed E-state index contributed by atoms with van der Waals surface area (Å²) in [5.74, 6) is 2.00. The molecule has 0 saturated carbocycles. The molecule has 0 N–H and O–H groups in total. The van der Waals surface area contributed by atoms with Gasteiger partial charge in [0.2, 0.25) is 0 Å². The molecular formula is C24H50O4S3. The average molecular weight is 499 g/mol. The zero-order chi connectivity index (χ0) is 22.9. The Bertz CT molecular complexity index is 410. The number of hydrogen-bond acceptors (Lipinski definition) is 6. The molecule has 0 aromatic carbocycles. The van der Waals surface area contributed by atoms with Crippen LogP contribution in [0.3, 0.4) is 0 Å². The van der Waals surface area contributed by atoms with E-state index in [4.69, 9.17) is 8.37 Å². The van der Waals surface area contributed by atoms with E-state index in [1.54, 1.807) is 0 Å². The first-order valence-electron chi connectivity index (χ1n) is 12.9. The molecule has 0 amide bonds. The van der Waals surface area contributed by atoms with Gasteiger partial charge in [0.05, 0.1) is 13.2 Å². The normalized spacial score (nSPS) is 11.9. The second-order valence-electron chi connectivity index (χ2n) is 8.57. The molecule has 0 fully saturated rings. The fourth-order valence-electron chi connectivity index (χ4n) is 3.61. The minimum absolute atomic E-state index is 0.236. The quantitative estimate of drug-likeness (QED) is 0.0939. The molecule has 0 aromatic rings. The molecule has 0 unspecified atom stereocenters. The molecule has 31 heavy (non-hydrogen) atoms. The first kappa shape index (κ1) is 31.6. The molecule has 0 bridgehead atoms. The van der Waals surface area contributed by atoms with Crippen molar-refractivity contribution in [3.05, 3.63) is 0 Å². The summed E-state index contributed by atoms with van der Waals surface area (Å²) in [4.78, 5) is 0. The van der Waals surface area contributed by atoms with E-state index in [2.05, 4.69) is 25.3 Å². The summed E-state index contributed by atoms with van der Waals surface area (Å²) in [6.07, 6.45) is 23.9. The van der Waals surface area contributed by atoms with Gasteiger partial charge in [-0.15, -0.1) is 0 Å². The minimum atomic E-state index is -3.82. The molecule has 0 saturated heterocycles. The summed E-state index contributed by atoms with van der Waals surface area (Å²) in [5, 5.41) is 0. The molecule has 0 spiro atoms. The van der Waals surface area contributed by atoms with Crippen molar-refractivity contribution >= 4 is 35.7 Å². The lowest BCUT2D eigenvalue weighted by Gasteiger charge is -2.06. The highest BCUT2D eigenvalue weighted by atomic mass is 32.3. The Morgan fingerprint density at radius 1 is 0.387 bits per heavy atom. The number of hydrogen-bond donors (Lipinski definition) is 2. The molecule has 0 aliphatic rings. The van der Waals surface area contributed by atoms with Crippen molar-refractivity contribution in [1.29, 1.82) is 0 Å². The van der Waals surface area contributed by atoms with Gasteiger partial charge >= 0.3 is 10.4 Å². The topological polar surface area (TPSA) is 52.6 Å². The van der Waals surface area contributed by atoms with Crippen LogP contribution in [0.15, 0.2) is 0 Å². The summed E-state index contributed by atoms with van der Waals surface area (Å²) in [6, 6.07) is 0. The van der Waals surface area contributed by atoms with Gasteiger partial charge in [-0.3, -0.25) is 0 Å². The summed E-state index contributed by atoms with van der Waals surface area (Å²) >= 11 is 8.46. The number of unbranched alkanes of at least 4 members (excludes halogenated alkanes) is 18. The minimum Gasteiger partial charge on any atom is -0.248 e. The fourth-order valence-corrected chi connectivity index (χ4v) is 4.77. The summed E-state index contributed by atoms with van der Waals surface area (Å²) in [5.41, 5.74) is 0. The first-order chi connectivity index (χ1) is 15.1. The average Bonchev–Trinajstić information content (AvgIpc) is 2.75.